The van der Waals surface area contributed by atoms with E-state index in [9.17, 15) is 9.90 Å². The van der Waals surface area contributed by atoms with Crippen LogP contribution in [0.4, 0.5) is 0 Å². The van der Waals surface area contributed by atoms with Gasteiger partial charge in [-0.3, -0.25) is 4.79 Å². The fourth-order valence-corrected chi connectivity index (χ4v) is 4.59. The highest BCUT2D eigenvalue weighted by Crippen LogP contribution is 2.33. The summed E-state index contributed by atoms with van der Waals surface area (Å²) in [4.78, 5) is 21.7. The number of hydrogen-bond acceptors (Lipinski definition) is 6. The van der Waals surface area contributed by atoms with Gasteiger partial charge in [-0.2, -0.15) is 15.0 Å². The summed E-state index contributed by atoms with van der Waals surface area (Å²) in [5.74, 6) is 0.323. The lowest BCUT2D eigenvalue weighted by molar-refractivity contribution is 0.0642. The number of benzene rings is 1. The van der Waals surface area contributed by atoms with Crippen molar-refractivity contribution >= 4 is 5.91 Å². The van der Waals surface area contributed by atoms with E-state index in [-0.39, 0.29) is 17.8 Å². The van der Waals surface area contributed by atoms with Crippen LogP contribution in [-0.2, 0) is 0 Å². The SMILES string of the molecule is CCCN1CCC(N(C)C(=O)c2ccc(-n3ncc(-c4ccc(C#N)cc4C)c3O)nc2)CC1. The Labute approximate surface area is 200 Å². The van der Waals surface area contributed by atoms with Crippen molar-refractivity contribution in [2.75, 3.05) is 26.7 Å². The van der Waals surface area contributed by atoms with Gasteiger partial charge in [-0.15, -0.1) is 0 Å². The summed E-state index contributed by atoms with van der Waals surface area (Å²) >= 11 is 0. The van der Waals surface area contributed by atoms with Gasteiger partial charge in [0, 0.05) is 32.4 Å². The lowest BCUT2D eigenvalue weighted by atomic mass is 10.0. The molecule has 1 aromatic carbocycles. The number of rotatable bonds is 6. The summed E-state index contributed by atoms with van der Waals surface area (Å²) in [6.07, 6.45) is 6.22. The molecule has 8 nitrogen and oxygen atoms in total. The van der Waals surface area contributed by atoms with Gasteiger partial charge >= 0.3 is 0 Å². The normalized spacial score (nSPS) is 14.6. The molecule has 34 heavy (non-hydrogen) atoms. The monoisotopic (exact) mass is 458 g/mol. The summed E-state index contributed by atoms with van der Waals surface area (Å²) in [5, 5.41) is 24.2. The van der Waals surface area contributed by atoms with Gasteiger partial charge in [0.15, 0.2) is 5.82 Å². The number of amides is 1. The molecule has 1 N–H and O–H groups in total. The van der Waals surface area contributed by atoms with Crippen molar-refractivity contribution in [3.8, 4) is 28.9 Å². The molecule has 0 aliphatic carbocycles. The van der Waals surface area contributed by atoms with Crippen LogP contribution in [0.2, 0.25) is 0 Å². The number of aryl methyl sites for hydroxylation is 1. The smallest absolute Gasteiger partial charge is 0.255 e. The molecule has 0 spiro atoms. The molecule has 0 radical (unpaired) electrons. The van der Waals surface area contributed by atoms with Crippen LogP contribution in [0.25, 0.3) is 16.9 Å². The number of likely N-dealkylation sites (tertiary alicyclic amines) is 1. The predicted molar refractivity (Wildman–Crippen MR) is 130 cm³/mol. The summed E-state index contributed by atoms with van der Waals surface area (Å²) in [6.45, 7) is 7.23. The van der Waals surface area contributed by atoms with Crippen molar-refractivity contribution in [1.82, 2.24) is 24.6 Å². The summed E-state index contributed by atoms with van der Waals surface area (Å²) < 4.78 is 1.34. The second kappa shape index (κ2) is 10.1. The van der Waals surface area contributed by atoms with Crippen LogP contribution in [0.5, 0.6) is 5.88 Å². The van der Waals surface area contributed by atoms with E-state index in [0.717, 1.165) is 50.0 Å². The summed E-state index contributed by atoms with van der Waals surface area (Å²) in [5.41, 5.74) is 3.29. The number of piperidine rings is 1. The maximum atomic E-state index is 13.0. The molecular formula is C26H30N6O2. The molecule has 4 rings (SSSR count). The molecule has 176 valence electrons. The van der Waals surface area contributed by atoms with Crippen molar-refractivity contribution in [2.24, 2.45) is 0 Å². The van der Waals surface area contributed by atoms with Crippen LogP contribution >= 0.6 is 0 Å². The molecule has 1 fully saturated rings. The third-order valence-corrected chi connectivity index (χ3v) is 6.57. The number of nitrogens with zero attached hydrogens (tertiary/aromatic N) is 6. The van der Waals surface area contributed by atoms with E-state index in [0.29, 0.717) is 22.5 Å². The molecule has 0 saturated carbocycles. The van der Waals surface area contributed by atoms with Gasteiger partial charge in [0.05, 0.1) is 29.0 Å². The molecule has 0 unspecified atom stereocenters. The number of carbonyl (C=O) groups is 1. The van der Waals surface area contributed by atoms with E-state index in [1.807, 2.05) is 18.9 Å². The summed E-state index contributed by atoms with van der Waals surface area (Å²) in [7, 11) is 1.86. The topological polar surface area (TPSA) is 98.3 Å². The fraction of sp³-hybridized carbons (Fsp3) is 0.385. The van der Waals surface area contributed by atoms with E-state index in [1.165, 1.54) is 10.9 Å². The number of carbonyl (C=O) groups excluding carboxylic acids is 1. The Kier molecular flexibility index (Phi) is 6.94. The Balaban J connectivity index is 1.48. The number of hydrogen-bond donors (Lipinski definition) is 1. The van der Waals surface area contributed by atoms with Gasteiger partial charge in [0.1, 0.15) is 0 Å². The zero-order valence-electron chi connectivity index (χ0n) is 19.9. The van der Waals surface area contributed by atoms with Gasteiger partial charge in [0.2, 0.25) is 5.88 Å². The van der Waals surface area contributed by atoms with Gasteiger partial charge < -0.3 is 14.9 Å². The van der Waals surface area contributed by atoms with Crippen LogP contribution in [0.1, 0.15) is 47.7 Å². The van der Waals surface area contributed by atoms with Crippen molar-refractivity contribution < 1.29 is 9.90 Å². The van der Waals surface area contributed by atoms with Crippen molar-refractivity contribution in [1.29, 1.82) is 5.26 Å². The number of aromatic nitrogens is 3. The van der Waals surface area contributed by atoms with Gasteiger partial charge in [0.25, 0.3) is 5.91 Å². The fourth-order valence-electron chi connectivity index (χ4n) is 4.59. The van der Waals surface area contributed by atoms with Crippen molar-refractivity contribution in [2.45, 2.75) is 39.2 Å². The maximum Gasteiger partial charge on any atom is 0.255 e. The molecule has 3 heterocycles. The Bertz CT molecular complexity index is 1200. The van der Waals surface area contributed by atoms with Crippen LogP contribution in [0.3, 0.4) is 0 Å². The van der Waals surface area contributed by atoms with E-state index >= 15 is 0 Å². The van der Waals surface area contributed by atoms with E-state index in [2.05, 4.69) is 28.0 Å². The van der Waals surface area contributed by atoms with Gasteiger partial charge in [-0.05, 0) is 68.1 Å². The van der Waals surface area contributed by atoms with Crippen LogP contribution in [0, 0.1) is 18.3 Å². The first-order valence-electron chi connectivity index (χ1n) is 11.7. The van der Waals surface area contributed by atoms with Crippen molar-refractivity contribution in [3.63, 3.8) is 0 Å². The maximum absolute atomic E-state index is 13.0. The third-order valence-electron chi connectivity index (χ3n) is 6.57. The average Bonchev–Trinajstić information content (AvgIpc) is 3.24. The lowest BCUT2D eigenvalue weighted by Gasteiger charge is -2.36. The molecule has 2 aromatic heterocycles. The summed E-state index contributed by atoms with van der Waals surface area (Å²) in [6, 6.07) is 11.0. The highest BCUT2D eigenvalue weighted by atomic mass is 16.3. The van der Waals surface area contributed by atoms with Crippen LogP contribution in [-0.4, -0.2) is 68.3 Å². The standard InChI is InChI=1S/C26H30N6O2/c1-4-11-31-12-9-21(10-13-31)30(3)25(33)20-6-8-24(28-16-20)32-26(34)23(17-29-32)22-7-5-19(15-27)14-18(22)2/h5-8,14,16-17,21,34H,4,9-13H2,1-3H3. The average molecular weight is 459 g/mol. The zero-order chi connectivity index (χ0) is 24.2. The second-order valence-electron chi connectivity index (χ2n) is 8.83. The van der Waals surface area contributed by atoms with Crippen molar-refractivity contribution in [3.05, 3.63) is 59.4 Å². The Hall–Kier alpha value is -3.70. The van der Waals surface area contributed by atoms with Gasteiger partial charge in [-0.25, -0.2) is 4.98 Å². The highest BCUT2D eigenvalue weighted by Gasteiger charge is 2.26. The molecule has 1 aliphatic rings. The molecule has 3 aromatic rings. The highest BCUT2D eigenvalue weighted by molar-refractivity contribution is 5.94. The minimum Gasteiger partial charge on any atom is -0.493 e. The molecule has 1 saturated heterocycles. The van der Waals surface area contributed by atoms with Crippen LogP contribution in [0.15, 0.2) is 42.7 Å². The second-order valence-corrected chi connectivity index (χ2v) is 8.83. The van der Waals surface area contributed by atoms with E-state index in [1.54, 1.807) is 36.5 Å². The minimum absolute atomic E-state index is 0.0460. The first kappa shape index (κ1) is 23.5. The third kappa shape index (κ3) is 4.66. The Morgan fingerprint density at radius 2 is 1.97 bits per heavy atom. The quantitative estimate of drug-likeness (QED) is 0.604. The minimum atomic E-state index is -0.0495. The molecule has 8 heteroatoms. The Morgan fingerprint density at radius 1 is 1.21 bits per heavy atom. The van der Waals surface area contributed by atoms with E-state index < -0.39 is 0 Å². The largest absolute Gasteiger partial charge is 0.493 e. The first-order valence-corrected chi connectivity index (χ1v) is 11.7. The number of aromatic hydroxyl groups is 1. The predicted octanol–water partition coefficient (Wildman–Crippen LogP) is 3.77. The molecule has 1 aliphatic heterocycles. The molecule has 0 atom stereocenters. The zero-order valence-corrected chi connectivity index (χ0v) is 19.9. The number of nitriles is 1. The van der Waals surface area contributed by atoms with E-state index in [4.69, 9.17) is 5.26 Å². The lowest BCUT2D eigenvalue weighted by Crippen LogP contribution is -2.45. The molecule has 1 amide bonds. The molecule has 0 bridgehead atoms. The Morgan fingerprint density at radius 3 is 2.59 bits per heavy atom. The molecular weight excluding hydrogens is 428 g/mol. The van der Waals surface area contributed by atoms with Crippen LogP contribution < -0.4 is 0 Å². The number of pyridine rings is 1. The first-order chi connectivity index (χ1) is 16.4. The van der Waals surface area contributed by atoms with Gasteiger partial charge in [-0.1, -0.05) is 13.0 Å².